The van der Waals surface area contributed by atoms with E-state index in [1.54, 1.807) is 0 Å². The number of benzene rings is 1. The molecule has 1 aromatic carbocycles. The lowest BCUT2D eigenvalue weighted by atomic mass is 10.2. The number of halogens is 3. The number of hydrogen-bond donors (Lipinski definition) is 1. The summed E-state index contributed by atoms with van der Waals surface area (Å²) in [5.41, 5.74) is -0.192. The summed E-state index contributed by atoms with van der Waals surface area (Å²) in [6.45, 7) is -0.345. The van der Waals surface area contributed by atoms with Crippen LogP contribution < -0.4 is 4.74 Å². The summed E-state index contributed by atoms with van der Waals surface area (Å²) in [5.74, 6) is -0.893. The van der Waals surface area contributed by atoms with Gasteiger partial charge in [-0.05, 0) is 25.1 Å². The minimum Gasteiger partial charge on any atom is -0.609 e. The number of para-hydroxylation sites is 2. The van der Waals surface area contributed by atoms with Crippen LogP contribution in [0, 0.1) is 6.92 Å². The molecule has 3 aromatic rings. The Balaban J connectivity index is 1.97. The van der Waals surface area contributed by atoms with Gasteiger partial charge in [0.05, 0.1) is 25.0 Å². The first kappa shape index (κ1) is 11.4. The predicted molar refractivity (Wildman–Crippen MR) is 86.7 cm³/mol. The quantitative estimate of drug-likeness (QED) is 0.693. The van der Waals surface area contributed by atoms with Crippen molar-refractivity contribution in [1.82, 2.24) is 15.0 Å². The van der Waals surface area contributed by atoms with E-state index in [0.717, 1.165) is 0 Å². The van der Waals surface area contributed by atoms with Crippen molar-refractivity contribution in [2.24, 2.45) is 0 Å². The number of rotatable bonds is 5. The van der Waals surface area contributed by atoms with E-state index in [2.05, 4.69) is 19.7 Å². The third kappa shape index (κ3) is 4.23. The lowest BCUT2D eigenvalue weighted by Gasteiger charge is -2.14. The van der Waals surface area contributed by atoms with Crippen LogP contribution in [0.25, 0.3) is 11.0 Å². The maximum atomic E-state index is 12.8. The Morgan fingerprint density at radius 1 is 1.32 bits per heavy atom. The number of aromatic nitrogens is 3. The molecule has 0 aliphatic carbocycles. The highest BCUT2D eigenvalue weighted by atomic mass is 32.2. The van der Waals surface area contributed by atoms with Crippen LogP contribution in [0.3, 0.4) is 0 Å². The van der Waals surface area contributed by atoms with Crippen LogP contribution in [0.4, 0.5) is 13.2 Å². The van der Waals surface area contributed by atoms with Crippen LogP contribution >= 0.6 is 0 Å². The number of imidazole rings is 1. The van der Waals surface area contributed by atoms with Gasteiger partial charge in [-0.15, -0.1) is 0 Å². The first-order chi connectivity index (χ1) is 14.3. The van der Waals surface area contributed by atoms with E-state index in [1.165, 1.54) is 6.92 Å². The summed E-state index contributed by atoms with van der Waals surface area (Å²) >= 11 is -1.99. The van der Waals surface area contributed by atoms with E-state index in [1.807, 2.05) is 0 Å². The van der Waals surface area contributed by atoms with E-state index < -0.39 is 71.8 Å². The molecule has 0 saturated heterocycles. The van der Waals surface area contributed by atoms with Gasteiger partial charge in [0.15, 0.2) is 12.4 Å². The van der Waals surface area contributed by atoms with Gasteiger partial charge in [-0.2, -0.15) is 18.2 Å². The maximum absolute atomic E-state index is 12.8. The average molecular weight is 375 g/mol. The van der Waals surface area contributed by atoms with E-state index in [-0.39, 0.29) is 27.4 Å². The van der Waals surface area contributed by atoms with Gasteiger partial charge in [-0.1, -0.05) is 12.1 Å². The van der Waals surface area contributed by atoms with Crippen molar-refractivity contribution in [3.8, 4) is 5.75 Å². The van der Waals surface area contributed by atoms with Gasteiger partial charge in [-0.25, -0.2) is 0 Å². The molecule has 9 heteroatoms. The van der Waals surface area contributed by atoms with Crippen LogP contribution in [-0.4, -0.2) is 32.3 Å². The molecular weight excluding hydrogens is 355 g/mol. The Bertz CT molecular complexity index is 1130. The van der Waals surface area contributed by atoms with Gasteiger partial charge in [0.1, 0.15) is 5.75 Å². The molecule has 132 valence electrons. The van der Waals surface area contributed by atoms with E-state index in [0.29, 0.717) is 0 Å². The largest absolute Gasteiger partial charge is 0.609 e. The van der Waals surface area contributed by atoms with Gasteiger partial charge in [0.25, 0.3) is 0 Å². The van der Waals surface area contributed by atoms with Crippen LogP contribution in [0.2, 0.25) is 0 Å². The number of hydrogen-bond acceptors (Lipinski definition) is 4. The van der Waals surface area contributed by atoms with Gasteiger partial charge in [0, 0.05) is 22.9 Å². The average Bonchev–Trinajstić information content (AvgIpc) is 3.14. The second-order valence-corrected chi connectivity index (χ2v) is 6.28. The molecular formula is C16H14F3N3O2S. The Labute approximate surface area is 152 Å². The Morgan fingerprint density at radius 2 is 2.08 bits per heavy atom. The van der Waals surface area contributed by atoms with Crippen LogP contribution in [0.15, 0.2) is 41.5 Å². The SMILES string of the molecule is [2H]c1nc(C[S+]([O-])c2nc3c([2H])c([2H])c([2H])c([2H])c3[nH]2)c(C)c(OCC(F)(F)F)c1[2H]. The van der Waals surface area contributed by atoms with Crippen LogP contribution in [0.5, 0.6) is 5.75 Å². The monoisotopic (exact) mass is 375 g/mol. The molecule has 1 N–H and O–H groups in total. The molecule has 0 fully saturated rings. The van der Waals surface area contributed by atoms with Crippen molar-refractivity contribution in [1.29, 1.82) is 0 Å². The molecule has 3 rings (SSSR count). The van der Waals surface area contributed by atoms with Crippen LogP contribution in [-0.2, 0) is 16.9 Å². The summed E-state index contributed by atoms with van der Waals surface area (Å²) in [4.78, 5) is 10.4. The van der Waals surface area contributed by atoms with Gasteiger partial charge < -0.3 is 9.29 Å². The number of nitrogens with zero attached hydrogens (tertiary/aromatic N) is 2. The number of nitrogens with one attached hydrogen (secondary N) is 1. The lowest BCUT2D eigenvalue weighted by Crippen LogP contribution is -2.20. The molecule has 1 unspecified atom stereocenters. The molecule has 0 amide bonds. The standard InChI is InChI=1S/C16H14F3N3O2S/c1-10-13(20-7-6-14(10)24-9-16(17,18)19)8-25(23)15-21-11-4-2-3-5-12(11)22-15/h2-7H,8-9H2,1H3,(H,21,22)/i2D,3D,4D,5D,6D,7D. The molecule has 1 atom stereocenters. The van der Waals surface area contributed by atoms with Crippen molar-refractivity contribution in [3.05, 3.63) is 47.6 Å². The summed E-state index contributed by atoms with van der Waals surface area (Å²) in [7, 11) is 0. The predicted octanol–water partition coefficient (Wildman–Crippen LogP) is 3.52. The zero-order valence-electron chi connectivity index (χ0n) is 18.7. The zero-order chi connectivity index (χ0) is 23.2. The molecule has 0 spiro atoms. The minimum atomic E-state index is -4.66. The second-order valence-electron chi connectivity index (χ2n) is 4.91. The molecule has 0 bridgehead atoms. The van der Waals surface area contributed by atoms with Crippen molar-refractivity contribution in [2.75, 3.05) is 6.61 Å². The van der Waals surface area contributed by atoms with Gasteiger partial charge >= 0.3 is 11.3 Å². The number of aromatic amines is 1. The fourth-order valence-electron chi connectivity index (χ4n) is 1.91. The van der Waals surface area contributed by atoms with Crippen molar-refractivity contribution in [3.63, 3.8) is 0 Å². The number of alkyl halides is 3. The molecule has 5 nitrogen and oxygen atoms in total. The molecule has 0 aliphatic heterocycles. The number of ether oxygens (including phenoxy) is 1. The van der Waals surface area contributed by atoms with E-state index >= 15 is 0 Å². The Hall–Kier alpha value is -2.26. The zero-order valence-corrected chi connectivity index (χ0v) is 13.5. The first-order valence-corrected chi connectivity index (χ1v) is 8.14. The topological polar surface area (TPSA) is 73.9 Å². The molecule has 0 aliphatic rings. The van der Waals surface area contributed by atoms with Gasteiger partial charge in [0.2, 0.25) is 0 Å². The smallest absolute Gasteiger partial charge is 0.422 e. The van der Waals surface area contributed by atoms with Crippen LogP contribution in [0.1, 0.15) is 19.5 Å². The second kappa shape index (κ2) is 6.93. The van der Waals surface area contributed by atoms with Crippen molar-refractivity contribution >= 4 is 22.2 Å². The van der Waals surface area contributed by atoms with Crippen molar-refractivity contribution < 1.29 is 30.7 Å². The van der Waals surface area contributed by atoms with Crippen molar-refractivity contribution in [2.45, 2.75) is 24.0 Å². The third-order valence-electron chi connectivity index (χ3n) is 3.11. The summed E-state index contributed by atoms with van der Waals surface area (Å²) in [5, 5.41) is -0.192. The number of pyridine rings is 1. The first-order valence-electron chi connectivity index (χ1n) is 9.82. The van der Waals surface area contributed by atoms with E-state index in [9.17, 15) is 17.7 Å². The highest BCUT2D eigenvalue weighted by Gasteiger charge is 2.29. The summed E-state index contributed by atoms with van der Waals surface area (Å²) < 4.78 is 101. The summed E-state index contributed by atoms with van der Waals surface area (Å²) in [6.07, 6.45) is -5.31. The summed E-state index contributed by atoms with van der Waals surface area (Å²) in [6, 6.07) is -2.44. The molecule has 0 saturated carbocycles. The molecule has 25 heavy (non-hydrogen) atoms. The van der Waals surface area contributed by atoms with Gasteiger partial charge in [-0.3, -0.25) is 9.97 Å². The molecule has 0 radical (unpaired) electrons. The number of H-pyrrole nitrogens is 1. The minimum absolute atomic E-state index is 0.0129. The molecule has 2 aromatic heterocycles. The number of fused-ring (bicyclic) bond motifs is 1. The fourth-order valence-corrected chi connectivity index (χ4v) is 2.99. The van der Waals surface area contributed by atoms with E-state index in [4.69, 9.17) is 8.22 Å². The molecule has 2 heterocycles. The third-order valence-corrected chi connectivity index (χ3v) is 4.27. The maximum Gasteiger partial charge on any atom is 0.422 e. The Kier molecular flexibility index (Phi) is 3.15. The highest BCUT2D eigenvalue weighted by molar-refractivity contribution is 7.90. The Morgan fingerprint density at radius 3 is 2.84 bits per heavy atom. The highest BCUT2D eigenvalue weighted by Crippen LogP contribution is 2.25. The normalized spacial score (nSPS) is 16.5. The fraction of sp³-hybridized carbons (Fsp3) is 0.250. The lowest BCUT2D eigenvalue weighted by molar-refractivity contribution is -0.153.